The Morgan fingerprint density at radius 2 is 1.32 bits per heavy atom. The van der Waals surface area contributed by atoms with E-state index >= 15 is 0 Å². The normalized spacial score (nSPS) is 12.5. The second-order valence-electron chi connectivity index (χ2n) is 7.82. The molecule has 0 spiro atoms. The fourth-order valence-electron chi connectivity index (χ4n) is 3.75. The lowest BCUT2D eigenvalue weighted by Gasteiger charge is -2.16. The minimum Gasteiger partial charge on any atom is -0.481 e. The van der Waals surface area contributed by atoms with Gasteiger partial charge < -0.3 is 25.8 Å². The first-order valence-corrected chi connectivity index (χ1v) is 11.0. The summed E-state index contributed by atoms with van der Waals surface area (Å²) in [5, 5.41) is 25.1. The molecule has 1 aliphatic carbocycles. The van der Waals surface area contributed by atoms with Crippen LogP contribution in [0.1, 0.15) is 49.1 Å². The predicted molar refractivity (Wildman–Crippen MR) is 123 cm³/mol. The third-order valence-electron chi connectivity index (χ3n) is 5.44. The van der Waals surface area contributed by atoms with Crippen LogP contribution in [0.4, 0.5) is 0 Å². The summed E-state index contributed by atoms with van der Waals surface area (Å²) in [4.78, 5) is 43.0. The molecule has 9 nitrogen and oxygen atoms in total. The fraction of sp³-hybridized carbons (Fsp3) is 0.360. The molecule has 182 valence electrons. The number of esters is 1. The molecule has 0 fully saturated rings. The number of nitrogens with two attached hydrogens (primary N) is 1. The van der Waals surface area contributed by atoms with E-state index in [1.807, 2.05) is 36.4 Å². The van der Waals surface area contributed by atoms with Crippen molar-refractivity contribution in [3.63, 3.8) is 0 Å². The van der Waals surface area contributed by atoms with Crippen LogP contribution in [0.15, 0.2) is 48.5 Å². The fourth-order valence-corrected chi connectivity index (χ4v) is 3.75. The molecule has 0 heterocycles. The summed E-state index contributed by atoms with van der Waals surface area (Å²) < 4.78 is 5.44. The largest absolute Gasteiger partial charge is 0.481 e. The topological polar surface area (TPSA) is 164 Å². The molecule has 0 amide bonds. The average Bonchev–Trinajstić information content (AvgIpc) is 3.13. The van der Waals surface area contributed by atoms with Crippen molar-refractivity contribution in [1.29, 1.82) is 0 Å². The first kappa shape index (κ1) is 26.5. The van der Waals surface area contributed by atoms with Crippen LogP contribution in [-0.4, -0.2) is 52.3 Å². The third kappa shape index (κ3) is 7.41. The number of carboxylic acid groups (broad SMARTS) is 3. The number of benzene rings is 2. The van der Waals surface area contributed by atoms with Gasteiger partial charge >= 0.3 is 23.9 Å². The van der Waals surface area contributed by atoms with Gasteiger partial charge in [-0.05, 0) is 41.6 Å². The minimum absolute atomic E-state index is 0.0650. The summed E-state index contributed by atoms with van der Waals surface area (Å²) in [6.07, 6.45) is 0.950. The number of carbonyl (C=O) groups is 4. The zero-order chi connectivity index (χ0) is 25.1. The maximum absolute atomic E-state index is 12.3. The molecule has 2 aromatic rings. The molecule has 5 N–H and O–H groups in total. The summed E-state index contributed by atoms with van der Waals surface area (Å²) in [5.74, 6) is -5.16. The highest BCUT2D eigenvalue weighted by molar-refractivity contribution is 5.94. The van der Waals surface area contributed by atoms with Crippen molar-refractivity contribution in [2.45, 2.75) is 38.0 Å². The average molecular weight is 472 g/mol. The highest BCUT2D eigenvalue weighted by Crippen LogP contribution is 2.44. The Balaban J connectivity index is 0.000000440. The van der Waals surface area contributed by atoms with Crippen LogP contribution in [0.25, 0.3) is 11.1 Å². The summed E-state index contributed by atoms with van der Waals surface area (Å²) in [6, 6.07) is 16.1. The number of fused-ring (bicyclic) bond motifs is 3. The van der Waals surface area contributed by atoms with Crippen LogP contribution in [0.2, 0.25) is 0 Å². The third-order valence-corrected chi connectivity index (χ3v) is 5.44. The first-order valence-electron chi connectivity index (χ1n) is 11.0. The van der Waals surface area contributed by atoms with Gasteiger partial charge in [0.2, 0.25) is 0 Å². The van der Waals surface area contributed by atoms with Crippen LogP contribution in [-0.2, 0) is 23.9 Å². The number of rotatable bonds is 11. The lowest BCUT2D eigenvalue weighted by Crippen LogP contribution is -2.27. The Bertz CT molecular complexity index is 960. The molecule has 0 bridgehead atoms. The second-order valence-corrected chi connectivity index (χ2v) is 7.82. The number of carbonyl (C=O) groups excluding carboxylic acids is 1. The number of unbranched alkanes of at least 4 members (excludes halogenated alkanes) is 1. The predicted octanol–water partition coefficient (Wildman–Crippen LogP) is 3.11. The molecule has 0 saturated heterocycles. The van der Waals surface area contributed by atoms with Crippen LogP contribution in [0.3, 0.4) is 0 Å². The van der Waals surface area contributed by atoms with Crippen LogP contribution >= 0.6 is 0 Å². The van der Waals surface area contributed by atoms with Crippen molar-refractivity contribution in [3.05, 3.63) is 59.7 Å². The van der Waals surface area contributed by atoms with Crippen LogP contribution in [0, 0.1) is 5.92 Å². The maximum Gasteiger partial charge on any atom is 0.320 e. The van der Waals surface area contributed by atoms with E-state index in [9.17, 15) is 24.3 Å². The summed E-state index contributed by atoms with van der Waals surface area (Å²) >= 11 is 0. The van der Waals surface area contributed by atoms with E-state index in [4.69, 9.17) is 20.7 Å². The molecule has 0 radical (unpaired) electrons. The van der Waals surface area contributed by atoms with E-state index < -0.39 is 29.8 Å². The summed E-state index contributed by atoms with van der Waals surface area (Å²) in [7, 11) is 0. The lowest BCUT2D eigenvalue weighted by atomic mass is 9.98. The van der Waals surface area contributed by atoms with Gasteiger partial charge in [0.1, 0.15) is 6.61 Å². The van der Waals surface area contributed by atoms with E-state index in [0.29, 0.717) is 19.4 Å². The molecular formula is C25H29NO8. The zero-order valence-electron chi connectivity index (χ0n) is 18.7. The Labute approximate surface area is 197 Å². The summed E-state index contributed by atoms with van der Waals surface area (Å²) in [5.41, 5.74) is 9.93. The molecular weight excluding hydrogens is 442 g/mol. The van der Waals surface area contributed by atoms with E-state index in [1.54, 1.807) is 0 Å². The van der Waals surface area contributed by atoms with Crippen molar-refractivity contribution in [2.24, 2.45) is 11.7 Å². The SMILES string of the molecule is NCCCCC(C(=O)O)C(=O)OCC1c2ccccc2-c2ccccc21.O=C(O)CCC(=O)O. The van der Waals surface area contributed by atoms with Gasteiger partial charge in [0.05, 0.1) is 12.8 Å². The van der Waals surface area contributed by atoms with Gasteiger partial charge in [-0.25, -0.2) is 0 Å². The number of hydrogen-bond acceptors (Lipinski definition) is 6. The Morgan fingerprint density at radius 1 is 0.824 bits per heavy atom. The van der Waals surface area contributed by atoms with E-state index in [0.717, 1.165) is 22.3 Å². The van der Waals surface area contributed by atoms with Gasteiger partial charge in [-0.3, -0.25) is 19.2 Å². The lowest BCUT2D eigenvalue weighted by molar-refractivity contribution is -0.159. The Kier molecular flexibility index (Phi) is 10.2. The zero-order valence-corrected chi connectivity index (χ0v) is 18.7. The monoisotopic (exact) mass is 471 g/mol. The molecule has 1 atom stereocenters. The minimum atomic E-state index is -1.14. The van der Waals surface area contributed by atoms with E-state index in [-0.39, 0.29) is 31.8 Å². The van der Waals surface area contributed by atoms with Gasteiger partial charge in [0.25, 0.3) is 0 Å². The molecule has 0 saturated carbocycles. The maximum atomic E-state index is 12.3. The molecule has 0 aliphatic heterocycles. The highest BCUT2D eigenvalue weighted by Gasteiger charge is 2.32. The molecule has 1 unspecified atom stereocenters. The Morgan fingerprint density at radius 3 is 1.76 bits per heavy atom. The molecule has 34 heavy (non-hydrogen) atoms. The number of ether oxygens (including phenoxy) is 1. The molecule has 0 aromatic heterocycles. The van der Waals surface area contributed by atoms with Crippen molar-refractivity contribution >= 4 is 23.9 Å². The van der Waals surface area contributed by atoms with E-state index in [2.05, 4.69) is 12.1 Å². The van der Waals surface area contributed by atoms with E-state index in [1.165, 1.54) is 0 Å². The van der Waals surface area contributed by atoms with Gasteiger partial charge in [-0.1, -0.05) is 55.0 Å². The van der Waals surface area contributed by atoms with Crippen LogP contribution < -0.4 is 5.73 Å². The highest BCUT2D eigenvalue weighted by atomic mass is 16.5. The summed E-state index contributed by atoms with van der Waals surface area (Å²) in [6.45, 7) is 0.630. The van der Waals surface area contributed by atoms with Crippen LogP contribution in [0.5, 0.6) is 0 Å². The Hall–Kier alpha value is -3.72. The van der Waals surface area contributed by atoms with Crippen molar-refractivity contribution in [1.82, 2.24) is 0 Å². The number of hydrogen-bond donors (Lipinski definition) is 4. The smallest absolute Gasteiger partial charge is 0.320 e. The van der Waals surface area contributed by atoms with Gasteiger partial charge in [-0.2, -0.15) is 0 Å². The van der Waals surface area contributed by atoms with Crippen molar-refractivity contribution < 1.29 is 39.2 Å². The number of aliphatic carboxylic acids is 3. The van der Waals surface area contributed by atoms with Gasteiger partial charge in [-0.15, -0.1) is 0 Å². The molecule has 2 aromatic carbocycles. The van der Waals surface area contributed by atoms with Gasteiger partial charge in [0, 0.05) is 5.92 Å². The molecule has 3 rings (SSSR count). The molecule has 1 aliphatic rings. The number of carboxylic acids is 3. The first-order chi connectivity index (χ1) is 16.3. The van der Waals surface area contributed by atoms with Crippen molar-refractivity contribution in [3.8, 4) is 11.1 Å². The van der Waals surface area contributed by atoms with Gasteiger partial charge in [0.15, 0.2) is 5.92 Å². The standard InChI is InChI=1S/C21H23NO4.C4H6O4/c22-12-6-5-11-18(20(23)24)21(25)26-13-19-16-9-3-1-7-14(16)15-8-2-4-10-17(15)19;5-3(6)1-2-4(7)8/h1-4,7-10,18-19H,5-6,11-13,22H2,(H,23,24);1-2H2,(H,5,6)(H,7,8). The quantitative estimate of drug-likeness (QED) is 0.219. The molecule has 9 heteroatoms. The second kappa shape index (κ2) is 13.1. The van der Waals surface area contributed by atoms with Crippen molar-refractivity contribution in [2.75, 3.05) is 13.2 Å².